The number of benzene rings is 1. The number of nitrogens with zero attached hydrogens (tertiary/aromatic N) is 3. The molecular formula is C12H12IN3. The average molecular weight is 325 g/mol. The molecule has 16 heavy (non-hydrogen) atoms. The van der Waals surface area contributed by atoms with Crippen molar-refractivity contribution in [1.82, 2.24) is 9.88 Å². The van der Waals surface area contributed by atoms with Crippen LogP contribution in [-0.4, -0.2) is 30.3 Å². The van der Waals surface area contributed by atoms with Gasteiger partial charge in [-0.15, -0.1) is 0 Å². The van der Waals surface area contributed by atoms with Gasteiger partial charge in [-0.3, -0.25) is 4.98 Å². The summed E-state index contributed by atoms with van der Waals surface area (Å²) in [5, 5.41) is 1.09. The summed E-state index contributed by atoms with van der Waals surface area (Å²) in [5.74, 6) is 0. The van der Waals surface area contributed by atoms with Crippen molar-refractivity contribution in [2.75, 3.05) is 14.1 Å². The molecule has 0 aliphatic carbocycles. The van der Waals surface area contributed by atoms with Crippen molar-refractivity contribution in [1.29, 1.82) is 0 Å². The number of pyridine rings is 1. The second-order valence-corrected chi connectivity index (χ2v) is 4.84. The van der Waals surface area contributed by atoms with Crippen LogP contribution in [0.2, 0.25) is 0 Å². The Balaban J connectivity index is 2.61. The first kappa shape index (κ1) is 11.3. The largest absolute Gasteiger partial charge is 0.369 e. The number of halogens is 1. The molecule has 3 nitrogen and oxygen atoms in total. The lowest BCUT2D eigenvalue weighted by Crippen LogP contribution is -2.07. The first-order valence-electron chi connectivity index (χ1n) is 4.92. The summed E-state index contributed by atoms with van der Waals surface area (Å²) in [4.78, 5) is 10.8. The van der Waals surface area contributed by atoms with Crippen LogP contribution in [0.4, 0.5) is 5.69 Å². The van der Waals surface area contributed by atoms with Gasteiger partial charge in [0.05, 0.1) is 21.1 Å². The molecule has 0 atom stereocenters. The van der Waals surface area contributed by atoms with Crippen LogP contribution in [0.5, 0.6) is 0 Å². The van der Waals surface area contributed by atoms with Gasteiger partial charge in [0.15, 0.2) is 0 Å². The number of hydrogen-bond acceptors (Lipinski definition) is 2. The Hall–Kier alpha value is -1.17. The minimum Gasteiger partial charge on any atom is -0.369 e. The highest BCUT2D eigenvalue weighted by Crippen LogP contribution is 2.29. The molecule has 2 rings (SSSR count). The third-order valence-corrected chi connectivity index (χ3v) is 2.91. The summed E-state index contributed by atoms with van der Waals surface area (Å²) < 4.78 is 1.06. The minimum atomic E-state index is 0.980. The van der Waals surface area contributed by atoms with Gasteiger partial charge in [0.2, 0.25) is 0 Å². The quantitative estimate of drug-likeness (QED) is 0.482. The Labute approximate surface area is 108 Å². The molecule has 1 heterocycles. The van der Waals surface area contributed by atoms with Gasteiger partial charge in [0.25, 0.3) is 0 Å². The second kappa shape index (κ2) is 4.78. The van der Waals surface area contributed by atoms with E-state index in [9.17, 15) is 0 Å². The van der Waals surface area contributed by atoms with Gasteiger partial charge in [0.1, 0.15) is 0 Å². The molecule has 0 unspecified atom stereocenters. The topological polar surface area (TPSA) is 28.5 Å². The van der Waals surface area contributed by atoms with E-state index in [1.807, 2.05) is 55.8 Å². The second-order valence-electron chi connectivity index (χ2n) is 3.68. The highest BCUT2D eigenvalue weighted by molar-refractivity contribution is 14.1. The Kier molecular flexibility index (Phi) is 3.38. The first-order chi connectivity index (χ1) is 7.68. The van der Waals surface area contributed by atoms with Crippen molar-refractivity contribution in [3.63, 3.8) is 0 Å². The van der Waals surface area contributed by atoms with Crippen LogP contribution in [0.3, 0.4) is 0 Å². The molecule has 0 amide bonds. The SMILES string of the molecule is CN(C)/C=N/c1c(I)cnc2ccccc12. The van der Waals surface area contributed by atoms with Crippen molar-refractivity contribution in [3.05, 3.63) is 34.0 Å². The van der Waals surface area contributed by atoms with Gasteiger partial charge >= 0.3 is 0 Å². The molecule has 0 fully saturated rings. The van der Waals surface area contributed by atoms with Crippen LogP contribution < -0.4 is 0 Å². The van der Waals surface area contributed by atoms with Gasteiger partial charge in [-0.05, 0) is 28.7 Å². The molecule has 0 bridgehead atoms. The number of rotatable bonds is 2. The fraction of sp³-hybridized carbons (Fsp3) is 0.167. The van der Waals surface area contributed by atoms with Crippen molar-refractivity contribution in [2.45, 2.75) is 0 Å². The molecule has 82 valence electrons. The predicted octanol–water partition coefficient (Wildman–Crippen LogP) is 3.06. The third kappa shape index (κ3) is 2.32. The van der Waals surface area contributed by atoms with E-state index in [1.54, 1.807) is 0 Å². The van der Waals surface area contributed by atoms with E-state index < -0.39 is 0 Å². The number of fused-ring (bicyclic) bond motifs is 1. The van der Waals surface area contributed by atoms with Gasteiger partial charge in [-0.2, -0.15) is 0 Å². The number of aromatic nitrogens is 1. The zero-order chi connectivity index (χ0) is 11.5. The number of aliphatic imine (C=N–C) groups is 1. The number of para-hydroxylation sites is 1. The van der Waals surface area contributed by atoms with Crippen molar-refractivity contribution >= 4 is 45.5 Å². The molecule has 1 aromatic heterocycles. The Morgan fingerprint density at radius 3 is 2.81 bits per heavy atom. The highest BCUT2D eigenvalue weighted by Gasteiger charge is 2.04. The summed E-state index contributed by atoms with van der Waals surface area (Å²) in [6.07, 6.45) is 3.66. The fourth-order valence-electron chi connectivity index (χ4n) is 1.41. The molecule has 0 radical (unpaired) electrons. The van der Waals surface area contributed by atoms with Crippen LogP contribution in [0.15, 0.2) is 35.5 Å². The van der Waals surface area contributed by atoms with Crippen molar-refractivity contribution < 1.29 is 0 Å². The number of hydrogen-bond donors (Lipinski definition) is 0. The zero-order valence-electron chi connectivity index (χ0n) is 9.18. The predicted molar refractivity (Wildman–Crippen MR) is 76.3 cm³/mol. The maximum absolute atomic E-state index is 4.49. The normalized spacial score (nSPS) is 11.2. The Morgan fingerprint density at radius 2 is 2.06 bits per heavy atom. The lowest BCUT2D eigenvalue weighted by atomic mass is 10.2. The van der Waals surface area contributed by atoms with Crippen LogP contribution in [0, 0.1) is 3.57 Å². The monoisotopic (exact) mass is 325 g/mol. The standard InChI is InChI=1S/C12H12IN3/c1-16(2)8-15-12-9-5-3-4-6-11(9)14-7-10(12)13/h3-8H,1-2H3/b15-8+. The van der Waals surface area contributed by atoms with E-state index in [2.05, 4.69) is 32.6 Å². The van der Waals surface area contributed by atoms with E-state index >= 15 is 0 Å². The van der Waals surface area contributed by atoms with Crippen LogP contribution in [0.1, 0.15) is 0 Å². The van der Waals surface area contributed by atoms with Gasteiger partial charge in [-0.25, -0.2) is 4.99 Å². The van der Waals surface area contributed by atoms with E-state index in [-0.39, 0.29) is 0 Å². The molecular weight excluding hydrogens is 313 g/mol. The highest BCUT2D eigenvalue weighted by atomic mass is 127. The molecule has 0 saturated carbocycles. The molecule has 0 aliphatic heterocycles. The molecule has 4 heteroatoms. The Bertz CT molecular complexity index is 535. The molecule has 0 spiro atoms. The van der Waals surface area contributed by atoms with E-state index in [4.69, 9.17) is 0 Å². The third-order valence-electron chi connectivity index (χ3n) is 2.12. The first-order valence-corrected chi connectivity index (χ1v) is 6.00. The molecule has 1 aromatic carbocycles. The summed E-state index contributed by atoms with van der Waals surface area (Å²) in [7, 11) is 3.92. The van der Waals surface area contributed by atoms with Gasteiger partial charge in [-0.1, -0.05) is 18.2 Å². The van der Waals surface area contributed by atoms with Gasteiger partial charge in [0, 0.05) is 25.7 Å². The van der Waals surface area contributed by atoms with Crippen molar-refractivity contribution in [2.24, 2.45) is 4.99 Å². The van der Waals surface area contributed by atoms with Gasteiger partial charge < -0.3 is 4.90 Å². The van der Waals surface area contributed by atoms with E-state index in [0.29, 0.717) is 0 Å². The summed E-state index contributed by atoms with van der Waals surface area (Å²) in [5.41, 5.74) is 1.97. The molecule has 0 saturated heterocycles. The van der Waals surface area contributed by atoms with E-state index in [1.165, 1.54) is 0 Å². The fourth-order valence-corrected chi connectivity index (χ4v) is 1.98. The van der Waals surface area contributed by atoms with E-state index in [0.717, 1.165) is 20.2 Å². The summed E-state index contributed by atoms with van der Waals surface area (Å²) in [6.45, 7) is 0. The maximum atomic E-state index is 4.49. The molecule has 0 aliphatic rings. The summed E-state index contributed by atoms with van der Waals surface area (Å²) >= 11 is 2.26. The summed E-state index contributed by atoms with van der Waals surface area (Å²) in [6, 6.07) is 8.04. The maximum Gasteiger partial charge on any atom is 0.0907 e. The average Bonchev–Trinajstić information content (AvgIpc) is 2.27. The molecule has 2 aromatic rings. The smallest absolute Gasteiger partial charge is 0.0907 e. The minimum absolute atomic E-state index is 0.980. The van der Waals surface area contributed by atoms with Crippen LogP contribution >= 0.6 is 22.6 Å². The lowest BCUT2D eigenvalue weighted by Gasteiger charge is -2.06. The molecule has 0 N–H and O–H groups in total. The Morgan fingerprint density at radius 1 is 1.31 bits per heavy atom. The van der Waals surface area contributed by atoms with Crippen LogP contribution in [-0.2, 0) is 0 Å². The zero-order valence-corrected chi connectivity index (χ0v) is 11.3. The van der Waals surface area contributed by atoms with Crippen LogP contribution in [0.25, 0.3) is 10.9 Å². The lowest BCUT2D eigenvalue weighted by molar-refractivity contribution is 0.643. The van der Waals surface area contributed by atoms with Crippen molar-refractivity contribution in [3.8, 4) is 0 Å².